The summed E-state index contributed by atoms with van der Waals surface area (Å²) in [5, 5.41) is 22.6. The van der Waals surface area contributed by atoms with Gasteiger partial charge in [0.15, 0.2) is 11.2 Å². The lowest BCUT2D eigenvalue weighted by molar-refractivity contribution is -0.143. The van der Waals surface area contributed by atoms with Crippen LogP contribution in [0.2, 0.25) is 0 Å². The first kappa shape index (κ1) is 20.0. The van der Waals surface area contributed by atoms with Gasteiger partial charge < -0.3 is 24.7 Å². The zero-order valence-corrected chi connectivity index (χ0v) is 17.8. The van der Waals surface area contributed by atoms with Crippen LogP contribution >= 0.6 is 0 Å². The highest BCUT2D eigenvalue weighted by molar-refractivity contribution is 6.11. The third-order valence-electron chi connectivity index (χ3n) is 6.42. The molecule has 166 valence electrons. The zero-order chi connectivity index (χ0) is 21.6. The topological polar surface area (TPSA) is 120 Å². The Morgan fingerprint density at radius 1 is 1.39 bits per heavy atom. The van der Waals surface area contributed by atoms with E-state index in [-0.39, 0.29) is 6.10 Å². The fourth-order valence-electron chi connectivity index (χ4n) is 4.83. The third kappa shape index (κ3) is 3.58. The quantitative estimate of drug-likeness (QED) is 0.696. The van der Waals surface area contributed by atoms with Gasteiger partial charge in [-0.2, -0.15) is 5.10 Å². The highest BCUT2D eigenvalue weighted by atomic mass is 16.7. The van der Waals surface area contributed by atoms with Crippen LogP contribution in [0.25, 0.3) is 11.0 Å². The fraction of sp³-hybridized carbons (Fsp3) is 0.619. The number of nitrogens with zero attached hydrogens (tertiary/aromatic N) is 4. The Bertz CT molecular complexity index is 1040. The number of hydrogen-bond acceptors (Lipinski definition) is 8. The molecule has 1 saturated carbocycles. The fourth-order valence-corrected chi connectivity index (χ4v) is 4.83. The summed E-state index contributed by atoms with van der Waals surface area (Å²) in [6.45, 7) is 6.28. The van der Waals surface area contributed by atoms with Gasteiger partial charge in [-0.25, -0.2) is 14.5 Å². The Morgan fingerprint density at radius 3 is 2.87 bits per heavy atom. The molecule has 2 N–H and O–H groups in total. The molecular formula is C21H27N5O5. The van der Waals surface area contributed by atoms with Gasteiger partial charge in [-0.15, -0.1) is 0 Å². The van der Waals surface area contributed by atoms with Gasteiger partial charge >= 0.3 is 6.16 Å². The molecule has 1 aliphatic carbocycles. The summed E-state index contributed by atoms with van der Waals surface area (Å²) in [4.78, 5) is 21.3. The summed E-state index contributed by atoms with van der Waals surface area (Å²) in [7, 11) is 0. The van der Waals surface area contributed by atoms with Crippen molar-refractivity contribution in [2.24, 2.45) is 5.16 Å². The van der Waals surface area contributed by atoms with Gasteiger partial charge in [0.05, 0.1) is 22.5 Å². The second-order valence-electron chi connectivity index (χ2n) is 8.58. The number of hydrogen-bond donors (Lipinski definition) is 2. The van der Waals surface area contributed by atoms with Crippen molar-refractivity contribution < 1.29 is 24.2 Å². The largest absolute Gasteiger partial charge is 0.506 e. The van der Waals surface area contributed by atoms with Crippen molar-refractivity contribution in [2.45, 2.75) is 70.2 Å². The molecule has 1 spiro atoms. The number of pyridine rings is 1. The van der Waals surface area contributed by atoms with E-state index in [9.17, 15) is 4.79 Å². The van der Waals surface area contributed by atoms with Crippen LogP contribution < -0.4 is 5.32 Å². The molecule has 1 saturated heterocycles. The lowest BCUT2D eigenvalue weighted by Gasteiger charge is -2.40. The number of ether oxygens (including phenoxy) is 2. The molecule has 2 aromatic rings. The van der Waals surface area contributed by atoms with Crippen LogP contribution in [0, 0.1) is 6.92 Å². The number of aryl methyl sites for hydroxylation is 2. The maximum Gasteiger partial charge on any atom is 0.506 e. The molecule has 0 radical (unpaired) electrons. The molecule has 4 heterocycles. The average molecular weight is 429 g/mol. The molecule has 31 heavy (non-hydrogen) atoms. The monoisotopic (exact) mass is 429 g/mol. The minimum atomic E-state index is -1.25. The number of anilines is 1. The summed E-state index contributed by atoms with van der Waals surface area (Å²) in [6.07, 6.45) is 3.76. The first-order chi connectivity index (χ1) is 15.0. The third-order valence-corrected chi connectivity index (χ3v) is 6.42. The molecular weight excluding hydrogens is 402 g/mol. The highest BCUT2D eigenvalue weighted by Crippen LogP contribution is 2.46. The van der Waals surface area contributed by atoms with Gasteiger partial charge in [0.1, 0.15) is 6.10 Å². The molecule has 0 amide bonds. The number of aromatic nitrogens is 3. The molecule has 3 aliphatic rings. The first-order valence-corrected chi connectivity index (χ1v) is 10.8. The van der Waals surface area contributed by atoms with Crippen LogP contribution in [0.15, 0.2) is 11.4 Å². The molecule has 0 bridgehead atoms. The van der Waals surface area contributed by atoms with Gasteiger partial charge in [-0.05, 0) is 26.7 Å². The van der Waals surface area contributed by atoms with E-state index in [2.05, 4.69) is 22.5 Å². The molecule has 2 aromatic heterocycles. The van der Waals surface area contributed by atoms with Crippen LogP contribution in [0.3, 0.4) is 0 Å². The highest BCUT2D eigenvalue weighted by Gasteiger charge is 2.53. The second kappa shape index (κ2) is 7.67. The van der Waals surface area contributed by atoms with E-state index in [1.54, 1.807) is 0 Å². The maximum absolute atomic E-state index is 10.8. The Hall–Kier alpha value is -2.88. The molecule has 10 heteroatoms. The molecule has 10 nitrogen and oxygen atoms in total. The number of carbonyl (C=O) groups is 1. The van der Waals surface area contributed by atoms with E-state index < -0.39 is 11.8 Å². The summed E-state index contributed by atoms with van der Waals surface area (Å²) in [5.74, 6) is 0. The lowest BCUT2D eigenvalue weighted by Crippen LogP contribution is -2.49. The predicted molar refractivity (Wildman–Crippen MR) is 113 cm³/mol. The molecule has 5 rings (SSSR count). The number of fused-ring (bicyclic) bond motifs is 1. The van der Waals surface area contributed by atoms with Crippen LogP contribution in [0.5, 0.6) is 0 Å². The van der Waals surface area contributed by atoms with E-state index in [1.807, 2.05) is 17.8 Å². The molecule has 0 unspecified atom stereocenters. The molecule has 0 atom stereocenters. The van der Waals surface area contributed by atoms with Crippen LogP contribution in [-0.4, -0.2) is 62.7 Å². The van der Waals surface area contributed by atoms with Crippen molar-refractivity contribution in [3.05, 3.63) is 17.5 Å². The summed E-state index contributed by atoms with van der Waals surface area (Å²) in [6, 6.07) is 0.302. The van der Waals surface area contributed by atoms with Gasteiger partial charge in [0, 0.05) is 56.8 Å². The predicted octanol–water partition coefficient (Wildman–Crippen LogP) is 3.07. The zero-order valence-electron chi connectivity index (χ0n) is 17.8. The first-order valence-electron chi connectivity index (χ1n) is 10.8. The van der Waals surface area contributed by atoms with E-state index in [0.29, 0.717) is 25.3 Å². The lowest BCUT2D eigenvalue weighted by atomic mass is 9.74. The molecule has 2 aliphatic heterocycles. The van der Waals surface area contributed by atoms with Crippen molar-refractivity contribution >= 4 is 28.6 Å². The van der Waals surface area contributed by atoms with Gasteiger partial charge in [0.2, 0.25) is 0 Å². The van der Waals surface area contributed by atoms with E-state index in [1.165, 1.54) is 0 Å². The Balaban J connectivity index is 1.46. The van der Waals surface area contributed by atoms with Crippen molar-refractivity contribution in [2.75, 3.05) is 18.5 Å². The number of carboxylic acid groups (broad SMARTS) is 1. The smallest absolute Gasteiger partial charge is 0.450 e. The van der Waals surface area contributed by atoms with Crippen molar-refractivity contribution in [1.82, 2.24) is 14.8 Å². The Labute approximate surface area is 179 Å². The Kier molecular flexibility index (Phi) is 4.96. The standard InChI is InChI=1S/C21H27N5O5/c1-3-26-19-17(12(2)24-26)18(23-13-4-6-29-7-5-13)15(11-22-19)16-10-21(31-25-16)8-14(9-21)30-20(27)28/h11,13-14H,3-10H2,1-2H3,(H,22,23)(H,27,28). The summed E-state index contributed by atoms with van der Waals surface area (Å²) < 4.78 is 12.3. The van der Waals surface area contributed by atoms with Crippen LogP contribution in [-0.2, 0) is 20.9 Å². The second-order valence-corrected chi connectivity index (χ2v) is 8.58. The van der Waals surface area contributed by atoms with Gasteiger partial charge in [0.25, 0.3) is 0 Å². The minimum Gasteiger partial charge on any atom is -0.450 e. The molecule has 2 fully saturated rings. The van der Waals surface area contributed by atoms with Crippen LogP contribution in [0.4, 0.5) is 10.5 Å². The van der Waals surface area contributed by atoms with Gasteiger partial charge in [-0.3, -0.25) is 0 Å². The van der Waals surface area contributed by atoms with Crippen LogP contribution in [0.1, 0.15) is 50.3 Å². The normalized spacial score (nSPS) is 25.9. The number of nitrogens with one attached hydrogen (secondary N) is 1. The minimum absolute atomic E-state index is 0.302. The van der Waals surface area contributed by atoms with E-state index in [4.69, 9.17) is 24.4 Å². The van der Waals surface area contributed by atoms with Crippen molar-refractivity contribution in [1.29, 1.82) is 0 Å². The van der Waals surface area contributed by atoms with E-state index in [0.717, 1.165) is 66.3 Å². The van der Waals surface area contributed by atoms with Crippen molar-refractivity contribution in [3.8, 4) is 0 Å². The van der Waals surface area contributed by atoms with Crippen molar-refractivity contribution in [3.63, 3.8) is 0 Å². The molecule has 0 aromatic carbocycles. The van der Waals surface area contributed by atoms with E-state index >= 15 is 0 Å². The number of oxime groups is 1. The average Bonchev–Trinajstić information content (AvgIpc) is 3.30. The maximum atomic E-state index is 10.8. The van der Waals surface area contributed by atoms with Gasteiger partial charge in [-0.1, -0.05) is 5.16 Å². The number of rotatable bonds is 5. The SMILES string of the molecule is CCn1nc(C)c2c(NC3CCOCC3)c(C3=NOC4(C3)CC(OC(=O)O)C4)cnc21. The Morgan fingerprint density at radius 2 is 2.16 bits per heavy atom. The summed E-state index contributed by atoms with van der Waals surface area (Å²) >= 11 is 0. The summed E-state index contributed by atoms with van der Waals surface area (Å²) in [5.41, 5.74) is 4.02.